The predicted molar refractivity (Wildman–Crippen MR) is 106 cm³/mol. The van der Waals surface area contributed by atoms with Crippen molar-refractivity contribution in [3.05, 3.63) is 41.5 Å². The van der Waals surface area contributed by atoms with Gasteiger partial charge in [-0.25, -0.2) is 0 Å². The van der Waals surface area contributed by atoms with E-state index < -0.39 is 6.04 Å². The highest BCUT2D eigenvalue weighted by Gasteiger charge is 2.39. The Morgan fingerprint density at radius 1 is 1.18 bits per heavy atom. The number of likely N-dealkylation sites (N-methyl/N-ethyl adjacent to an activating group) is 2. The lowest BCUT2D eigenvalue weighted by Crippen LogP contribution is -2.52. The van der Waals surface area contributed by atoms with E-state index in [1.807, 2.05) is 19.2 Å². The number of benzene rings is 1. The number of rotatable bonds is 4. The van der Waals surface area contributed by atoms with Gasteiger partial charge in [0.15, 0.2) is 0 Å². The molecule has 148 valence electrons. The number of nitrogens with zero attached hydrogens (tertiary/aromatic N) is 2. The van der Waals surface area contributed by atoms with Crippen LogP contribution < -0.4 is 15.5 Å². The molecule has 0 saturated carbocycles. The maximum Gasteiger partial charge on any atom is 0.255 e. The molecule has 3 atom stereocenters. The van der Waals surface area contributed by atoms with Gasteiger partial charge in [0, 0.05) is 43.3 Å². The smallest absolute Gasteiger partial charge is 0.255 e. The summed E-state index contributed by atoms with van der Waals surface area (Å²) in [5.74, 6) is -0.775. The maximum atomic E-state index is 12.8. The zero-order chi connectivity index (χ0) is 19.8. The minimum atomic E-state index is -0.573. The fourth-order valence-corrected chi connectivity index (χ4v) is 4.51. The van der Waals surface area contributed by atoms with Crippen LogP contribution in [0.15, 0.2) is 30.4 Å². The molecular weight excluding hydrogens is 356 g/mol. The molecule has 0 spiro atoms. The van der Waals surface area contributed by atoms with Gasteiger partial charge in [-0.1, -0.05) is 12.2 Å². The van der Waals surface area contributed by atoms with Crippen LogP contribution >= 0.6 is 0 Å². The largest absolute Gasteiger partial charge is 0.370 e. The first kappa shape index (κ1) is 18.7. The van der Waals surface area contributed by atoms with Gasteiger partial charge in [0.1, 0.15) is 6.04 Å². The number of nitrogens with one attached hydrogen (secondary N) is 2. The van der Waals surface area contributed by atoms with Crippen molar-refractivity contribution in [1.29, 1.82) is 0 Å². The number of hydrogen-bond acceptors (Lipinski definition) is 5. The first-order chi connectivity index (χ1) is 13.5. The second-order valence-electron chi connectivity index (χ2n) is 7.76. The fourth-order valence-electron chi connectivity index (χ4n) is 4.51. The Kier molecular flexibility index (Phi) is 4.93. The molecule has 2 aliphatic heterocycles. The minimum Gasteiger partial charge on any atom is -0.370 e. The second kappa shape index (κ2) is 7.39. The Hall–Kier alpha value is -2.67. The van der Waals surface area contributed by atoms with Crippen LogP contribution in [0.25, 0.3) is 0 Å². The number of carbonyl (C=O) groups is 3. The highest BCUT2D eigenvalue weighted by molar-refractivity contribution is 6.05. The van der Waals surface area contributed by atoms with E-state index in [-0.39, 0.29) is 24.1 Å². The molecular formula is C21H26N4O3. The van der Waals surface area contributed by atoms with Crippen molar-refractivity contribution in [3.63, 3.8) is 0 Å². The van der Waals surface area contributed by atoms with E-state index in [2.05, 4.69) is 40.8 Å². The van der Waals surface area contributed by atoms with Crippen molar-refractivity contribution in [3.8, 4) is 0 Å². The Morgan fingerprint density at radius 2 is 1.96 bits per heavy atom. The third-order valence-electron chi connectivity index (χ3n) is 6.18. The standard InChI is InChI=1S/C21H26N4O3/c1-22-16-5-3-4-6-17(16)24(2)14-7-8-15-13(11-14)12-25(21(15)28)18-9-10-19(26)23-20(18)27/h3-4,7-8,11,16-18,22H,5-6,9-10,12H2,1-2H3,(H,23,26,27). The van der Waals surface area contributed by atoms with Gasteiger partial charge in [-0.05, 0) is 50.1 Å². The van der Waals surface area contributed by atoms with Gasteiger partial charge in [-0.2, -0.15) is 0 Å². The van der Waals surface area contributed by atoms with Crippen LogP contribution in [-0.4, -0.2) is 54.8 Å². The van der Waals surface area contributed by atoms with E-state index in [4.69, 9.17) is 0 Å². The highest BCUT2D eigenvalue weighted by Crippen LogP contribution is 2.32. The van der Waals surface area contributed by atoms with Crippen molar-refractivity contribution in [1.82, 2.24) is 15.5 Å². The van der Waals surface area contributed by atoms with Gasteiger partial charge in [0.05, 0.1) is 0 Å². The summed E-state index contributed by atoms with van der Waals surface area (Å²) in [5, 5.41) is 5.74. The quantitative estimate of drug-likeness (QED) is 0.604. The Labute approximate surface area is 164 Å². The van der Waals surface area contributed by atoms with E-state index in [1.165, 1.54) is 0 Å². The van der Waals surface area contributed by atoms with E-state index in [1.54, 1.807) is 4.90 Å². The number of anilines is 1. The van der Waals surface area contributed by atoms with E-state index >= 15 is 0 Å². The third kappa shape index (κ3) is 3.20. The van der Waals surface area contributed by atoms with Crippen molar-refractivity contribution < 1.29 is 14.4 Å². The molecule has 4 rings (SSSR count). The summed E-state index contributed by atoms with van der Waals surface area (Å²) in [6, 6.07) is 6.06. The lowest BCUT2D eigenvalue weighted by Gasteiger charge is -2.37. The number of amides is 3. The lowest BCUT2D eigenvalue weighted by molar-refractivity contribution is -0.136. The molecule has 0 bridgehead atoms. The molecule has 3 amide bonds. The number of imide groups is 1. The summed E-state index contributed by atoms with van der Waals surface area (Å²) in [7, 11) is 4.08. The zero-order valence-electron chi connectivity index (χ0n) is 16.3. The van der Waals surface area contributed by atoms with Crippen LogP contribution in [0.2, 0.25) is 0 Å². The molecule has 7 nitrogen and oxygen atoms in total. The minimum absolute atomic E-state index is 0.132. The Balaban J connectivity index is 1.54. The fraction of sp³-hybridized carbons (Fsp3) is 0.476. The lowest BCUT2D eigenvalue weighted by atomic mass is 9.94. The molecule has 3 aliphatic rings. The van der Waals surface area contributed by atoms with E-state index in [0.29, 0.717) is 30.6 Å². The Bertz CT molecular complexity index is 850. The van der Waals surface area contributed by atoms with Gasteiger partial charge in [0.2, 0.25) is 11.8 Å². The number of carbonyl (C=O) groups excluding carboxylic acids is 3. The monoisotopic (exact) mass is 382 g/mol. The average molecular weight is 382 g/mol. The average Bonchev–Trinajstić information content (AvgIpc) is 3.03. The van der Waals surface area contributed by atoms with Crippen LogP contribution in [0.1, 0.15) is 41.6 Å². The molecule has 1 aromatic rings. The molecule has 1 saturated heterocycles. The van der Waals surface area contributed by atoms with Crippen LogP contribution in [-0.2, 0) is 16.1 Å². The van der Waals surface area contributed by atoms with E-state index in [9.17, 15) is 14.4 Å². The summed E-state index contributed by atoms with van der Waals surface area (Å²) < 4.78 is 0. The molecule has 1 aliphatic carbocycles. The zero-order valence-corrected chi connectivity index (χ0v) is 16.3. The molecule has 28 heavy (non-hydrogen) atoms. The molecule has 7 heteroatoms. The van der Waals surface area contributed by atoms with Crippen molar-refractivity contribution >= 4 is 23.4 Å². The molecule has 0 radical (unpaired) electrons. The SMILES string of the molecule is CNC1CC=CCC1N(C)c1ccc2c(c1)CN(C1CCC(=O)NC1=O)C2=O. The van der Waals surface area contributed by atoms with Crippen LogP contribution in [0.4, 0.5) is 5.69 Å². The maximum absolute atomic E-state index is 12.8. The van der Waals surface area contributed by atoms with Gasteiger partial charge in [-0.3, -0.25) is 19.7 Å². The normalized spacial score (nSPS) is 27.0. The number of hydrogen-bond donors (Lipinski definition) is 2. The topological polar surface area (TPSA) is 81.8 Å². The summed E-state index contributed by atoms with van der Waals surface area (Å²) in [6.07, 6.45) is 7.06. The molecule has 2 N–H and O–H groups in total. The summed E-state index contributed by atoms with van der Waals surface area (Å²) in [4.78, 5) is 40.3. The third-order valence-corrected chi connectivity index (χ3v) is 6.18. The highest BCUT2D eigenvalue weighted by atomic mass is 16.2. The van der Waals surface area contributed by atoms with Crippen LogP contribution in [0, 0.1) is 0 Å². The van der Waals surface area contributed by atoms with Gasteiger partial charge in [0.25, 0.3) is 5.91 Å². The van der Waals surface area contributed by atoms with Gasteiger partial charge < -0.3 is 15.1 Å². The summed E-state index contributed by atoms with van der Waals surface area (Å²) in [6.45, 7) is 0.405. The Morgan fingerprint density at radius 3 is 2.71 bits per heavy atom. The summed E-state index contributed by atoms with van der Waals surface area (Å²) in [5.41, 5.74) is 2.65. The molecule has 2 heterocycles. The second-order valence-corrected chi connectivity index (χ2v) is 7.76. The van der Waals surface area contributed by atoms with Crippen LogP contribution in [0.3, 0.4) is 0 Å². The molecule has 0 aromatic heterocycles. The van der Waals surface area contributed by atoms with Crippen molar-refractivity contribution in [2.24, 2.45) is 0 Å². The predicted octanol–water partition coefficient (Wildman–Crippen LogP) is 1.19. The van der Waals surface area contributed by atoms with Crippen molar-refractivity contribution in [2.45, 2.75) is 50.4 Å². The molecule has 1 fully saturated rings. The number of fused-ring (bicyclic) bond motifs is 1. The molecule has 1 aromatic carbocycles. The van der Waals surface area contributed by atoms with E-state index in [0.717, 1.165) is 24.1 Å². The van der Waals surface area contributed by atoms with Gasteiger partial charge >= 0.3 is 0 Å². The molecule has 3 unspecified atom stereocenters. The number of piperidine rings is 1. The first-order valence-electron chi connectivity index (χ1n) is 9.82. The van der Waals surface area contributed by atoms with Crippen molar-refractivity contribution in [2.75, 3.05) is 19.0 Å². The van der Waals surface area contributed by atoms with Crippen LogP contribution in [0.5, 0.6) is 0 Å². The first-order valence-corrected chi connectivity index (χ1v) is 9.82. The van der Waals surface area contributed by atoms with Gasteiger partial charge in [-0.15, -0.1) is 0 Å². The summed E-state index contributed by atoms with van der Waals surface area (Å²) >= 11 is 0.